The van der Waals surface area contributed by atoms with E-state index in [9.17, 15) is 14.4 Å². The smallest absolute Gasteiger partial charge is 0.408 e. The zero-order valence-corrected chi connectivity index (χ0v) is 12.7. The van der Waals surface area contributed by atoms with Gasteiger partial charge in [-0.3, -0.25) is 0 Å². The molecule has 1 aromatic rings. The van der Waals surface area contributed by atoms with Crippen molar-refractivity contribution in [2.45, 2.75) is 38.8 Å². The van der Waals surface area contributed by atoms with Crippen molar-refractivity contribution in [3.05, 3.63) is 17.8 Å². The lowest BCUT2D eigenvalue weighted by atomic mass is 10.2. The molecule has 22 heavy (non-hydrogen) atoms. The van der Waals surface area contributed by atoms with Gasteiger partial charge in [0.05, 0.1) is 13.5 Å². The molecule has 122 valence electrons. The van der Waals surface area contributed by atoms with Crippen molar-refractivity contribution in [3.8, 4) is 0 Å². The molecule has 0 radical (unpaired) electrons. The van der Waals surface area contributed by atoms with Gasteiger partial charge >= 0.3 is 18.0 Å². The first kappa shape index (κ1) is 17.5. The van der Waals surface area contributed by atoms with Crippen LogP contribution < -0.4 is 5.32 Å². The van der Waals surface area contributed by atoms with E-state index in [2.05, 4.69) is 15.0 Å². The molecule has 9 heteroatoms. The summed E-state index contributed by atoms with van der Waals surface area (Å²) in [5.41, 5.74) is -0.840. The zero-order valence-electron chi connectivity index (χ0n) is 12.7. The Balaban J connectivity index is 2.72. The molecule has 0 aliphatic rings. The molecule has 2 N–H and O–H groups in total. The Morgan fingerprint density at radius 2 is 2.05 bits per heavy atom. The number of carbonyl (C=O) groups excluding carboxylic acids is 2. The highest BCUT2D eigenvalue weighted by Gasteiger charge is 2.26. The van der Waals surface area contributed by atoms with Crippen molar-refractivity contribution in [2.24, 2.45) is 0 Å². The van der Waals surface area contributed by atoms with Gasteiger partial charge in [-0.25, -0.2) is 19.4 Å². The summed E-state index contributed by atoms with van der Waals surface area (Å²) in [7, 11) is 1.18. The second-order valence-corrected chi connectivity index (χ2v) is 5.36. The molecule has 0 aliphatic carbocycles. The summed E-state index contributed by atoms with van der Waals surface area (Å²) in [6.45, 7) is 4.96. The van der Waals surface area contributed by atoms with Gasteiger partial charge in [0.2, 0.25) is 0 Å². The Morgan fingerprint density at radius 1 is 1.41 bits per heavy atom. The number of aliphatic carboxylic acids is 1. The van der Waals surface area contributed by atoms with E-state index in [1.165, 1.54) is 7.11 Å². The molecule has 1 amide bonds. The fourth-order valence-electron chi connectivity index (χ4n) is 1.43. The summed E-state index contributed by atoms with van der Waals surface area (Å²) < 4.78 is 14.4. The molecule has 0 aliphatic heterocycles. The minimum atomic E-state index is -1.31. The van der Waals surface area contributed by atoms with Crippen LogP contribution in [0.25, 0.3) is 0 Å². The largest absolute Gasteiger partial charge is 0.480 e. The van der Waals surface area contributed by atoms with E-state index in [1.807, 2.05) is 0 Å². The average Bonchev–Trinajstić information content (AvgIpc) is 2.83. The Bertz CT molecular complexity index is 559. The predicted octanol–water partition coefficient (Wildman–Crippen LogP) is 0.982. The predicted molar refractivity (Wildman–Crippen MR) is 72.3 cm³/mol. The van der Waals surface area contributed by atoms with Gasteiger partial charge in [-0.05, 0) is 20.8 Å². The second kappa shape index (κ2) is 6.92. The molecule has 9 nitrogen and oxygen atoms in total. The Morgan fingerprint density at radius 3 is 2.55 bits per heavy atom. The lowest BCUT2D eigenvalue weighted by Gasteiger charge is -2.21. The summed E-state index contributed by atoms with van der Waals surface area (Å²) in [6, 6.07) is -1.31. The third kappa shape index (κ3) is 5.43. The molecule has 0 saturated carbocycles. The van der Waals surface area contributed by atoms with Crippen molar-refractivity contribution in [1.82, 2.24) is 10.3 Å². The van der Waals surface area contributed by atoms with Gasteiger partial charge in [0.15, 0.2) is 11.6 Å². The van der Waals surface area contributed by atoms with Crippen LogP contribution in [-0.2, 0) is 20.7 Å². The Kier molecular flexibility index (Phi) is 5.50. The normalized spacial score (nSPS) is 12.4. The molecular weight excluding hydrogens is 296 g/mol. The van der Waals surface area contributed by atoms with Crippen LogP contribution in [-0.4, -0.2) is 46.9 Å². The highest BCUT2D eigenvalue weighted by atomic mass is 16.6. The highest BCUT2D eigenvalue weighted by molar-refractivity contribution is 5.86. The number of alkyl carbamates (subject to hydrolysis) is 1. The third-order valence-corrected chi connectivity index (χ3v) is 2.31. The minimum absolute atomic E-state index is 0.0242. The van der Waals surface area contributed by atoms with Crippen LogP contribution in [0, 0.1) is 0 Å². The molecule has 1 rings (SSSR count). The van der Waals surface area contributed by atoms with Crippen LogP contribution in [0.2, 0.25) is 0 Å². The zero-order chi connectivity index (χ0) is 16.9. The summed E-state index contributed by atoms with van der Waals surface area (Å²) in [5, 5.41) is 11.3. The van der Waals surface area contributed by atoms with E-state index >= 15 is 0 Å². The van der Waals surface area contributed by atoms with Crippen molar-refractivity contribution >= 4 is 18.0 Å². The van der Waals surface area contributed by atoms with Crippen molar-refractivity contribution in [3.63, 3.8) is 0 Å². The van der Waals surface area contributed by atoms with Crippen LogP contribution >= 0.6 is 0 Å². The maximum atomic E-state index is 11.6. The average molecular weight is 314 g/mol. The number of hydrogen-bond acceptors (Lipinski definition) is 7. The van der Waals surface area contributed by atoms with E-state index in [0.717, 1.165) is 6.26 Å². The van der Waals surface area contributed by atoms with Gasteiger partial charge in [0, 0.05) is 0 Å². The monoisotopic (exact) mass is 314 g/mol. The van der Waals surface area contributed by atoms with E-state index in [1.54, 1.807) is 20.8 Å². The van der Waals surface area contributed by atoms with Gasteiger partial charge in [0.1, 0.15) is 17.9 Å². The summed E-state index contributed by atoms with van der Waals surface area (Å²) in [5.74, 6) is -2.02. The first-order valence-corrected chi connectivity index (χ1v) is 6.37. The standard InChI is InChI=1S/C13H18N2O7/c1-13(2,3)22-12(19)15-7(10(16)17)5-9-14-8(6-21-9)11(18)20-4/h6-7H,5H2,1-4H3,(H,15,19)(H,16,17)/t7-/m1/s1. The van der Waals surface area contributed by atoms with E-state index < -0.39 is 29.7 Å². The molecule has 1 heterocycles. The van der Waals surface area contributed by atoms with Crippen LogP contribution in [0.3, 0.4) is 0 Å². The number of nitrogens with one attached hydrogen (secondary N) is 1. The molecule has 1 aromatic heterocycles. The highest BCUT2D eigenvalue weighted by Crippen LogP contribution is 2.09. The van der Waals surface area contributed by atoms with Gasteiger partial charge in [-0.1, -0.05) is 0 Å². The van der Waals surface area contributed by atoms with Crippen LogP contribution in [0.1, 0.15) is 37.2 Å². The molecule has 0 bridgehead atoms. The molecular formula is C13H18N2O7. The maximum absolute atomic E-state index is 11.6. The molecule has 0 spiro atoms. The lowest BCUT2D eigenvalue weighted by molar-refractivity contribution is -0.139. The molecule has 0 aromatic carbocycles. The SMILES string of the molecule is COC(=O)c1coc(C[C@@H](NC(=O)OC(C)(C)C)C(=O)O)n1. The number of methoxy groups -OCH3 is 1. The first-order valence-electron chi connectivity index (χ1n) is 6.37. The Labute approximate surface area is 126 Å². The fourth-order valence-corrected chi connectivity index (χ4v) is 1.43. The van der Waals surface area contributed by atoms with Gasteiger partial charge in [-0.15, -0.1) is 0 Å². The van der Waals surface area contributed by atoms with Gasteiger partial charge in [-0.2, -0.15) is 0 Å². The first-order chi connectivity index (χ1) is 10.1. The van der Waals surface area contributed by atoms with E-state index in [-0.39, 0.29) is 18.0 Å². The number of esters is 1. The second-order valence-electron chi connectivity index (χ2n) is 5.36. The van der Waals surface area contributed by atoms with Crippen molar-refractivity contribution in [2.75, 3.05) is 7.11 Å². The number of carboxylic acid groups (broad SMARTS) is 1. The number of oxazole rings is 1. The quantitative estimate of drug-likeness (QED) is 0.770. The summed E-state index contributed by atoms with van der Waals surface area (Å²) in [6.07, 6.45) is -0.0706. The Hall–Kier alpha value is -2.58. The molecule has 0 fully saturated rings. The summed E-state index contributed by atoms with van der Waals surface area (Å²) in [4.78, 5) is 37.8. The van der Waals surface area contributed by atoms with Crippen LogP contribution in [0.5, 0.6) is 0 Å². The van der Waals surface area contributed by atoms with E-state index in [4.69, 9.17) is 14.3 Å². The van der Waals surface area contributed by atoms with Crippen LogP contribution in [0.4, 0.5) is 4.79 Å². The van der Waals surface area contributed by atoms with Crippen molar-refractivity contribution in [1.29, 1.82) is 0 Å². The number of ether oxygens (including phenoxy) is 2. The molecule has 1 atom stereocenters. The van der Waals surface area contributed by atoms with E-state index in [0.29, 0.717) is 0 Å². The molecule has 0 saturated heterocycles. The minimum Gasteiger partial charge on any atom is -0.480 e. The number of hydrogen-bond donors (Lipinski definition) is 2. The van der Waals surface area contributed by atoms with Gasteiger partial charge in [0.25, 0.3) is 0 Å². The maximum Gasteiger partial charge on any atom is 0.408 e. The number of aromatic nitrogens is 1. The van der Waals surface area contributed by atoms with Crippen LogP contribution in [0.15, 0.2) is 10.7 Å². The number of amides is 1. The molecule has 0 unspecified atom stereocenters. The third-order valence-electron chi connectivity index (χ3n) is 2.31. The summed E-state index contributed by atoms with van der Waals surface area (Å²) >= 11 is 0. The topological polar surface area (TPSA) is 128 Å². The lowest BCUT2D eigenvalue weighted by Crippen LogP contribution is -2.44. The number of rotatable bonds is 5. The fraction of sp³-hybridized carbons (Fsp3) is 0.538. The van der Waals surface area contributed by atoms with Gasteiger partial charge < -0.3 is 24.3 Å². The number of carboxylic acids is 1. The van der Waals surface area contributed by atoms with Crippen molar-refractivity contribution < 1.29 is 33.4 Å². The number of carbonyl (C=O) groups is 3. The number of nitrogens with zero attached hydrogens (tertiary/aromatic N) is 1.